The molecular formula is C18H26N2O3S. The Morgan fingerprint density at radius 1 is 1.29 bits per heavy atom. The second-order valence-corrected chi connectivity index (χ2v) is 8.46. The van der Waals surface area contributed by atoms with E-state index in [0.29, 0.717) is 26.1 Å². The first kappa shape index (κ1) is 17.3. The van der Waals surface area contributed by atoms with Gasteiger partial charge in [-0.3, -0.25) is 4.79 Å². The molecule has 1 aromatic rings. The van der Waals surface area contributed by atoms with E-state index in [0.717, 1.165) is 12.8 Å². The number of carbonyl (C=O) groups is 2. The van der Waals surface area contributed by atoms with Crippen molar-refractivity contribution < 1.29 is 14.7 Å². The van der Waals surface area contributed by atoms with Gasteiger partial charge in [0.05, 0.1) is 5.41 Å². The van der Waals surface area contributed by atoms with Gasteiger partial charge in [-0.2, -0.15) is 0 Å². The third kappa shape index (κ3) is 3.29. The molecule has 1 saturated carbocycles. The van der Waals surface area contributed by atoms with E-state index < -0.39 is 11.4 Å². The average Bonchev–Trinajstić information content (AvgIpc) is 3.24. The van der Waals surface area contributed by atoms with E-state index in [9.17, 15) is 14.7 Å². The lowest BCUT2D eigenvalue weighted by Crippen LogP contribution is -2.47. The first-order valence-corrected chi connectivity index (χ1v) is 9.63. The zero-order valence-corrected chi connectivity index (χ0v) is 15.0. The van der Waals surface area contributed by atoms with Crippen molar-refractivity contribution in [3.05, 3.63) is 22.4 Å². The van der Waals surface area contributed by atoms with Gasteiger partial charge in [0.1, 0.15) is 0 Å². The minimum absolute atomic E-state index is 0.0535. The Kier molecular flexibility index (Phi) is 4.85. The van der Waals surface area contributed by atoms with Gasteiger partial charge in [0.15, 0.2) is 0 Å². The molecule has 132 valence electrons. The first-order valence-electron chi connectivity index (χ1n) is 8.75. The summed E-state index contributed by atoms with van der Waals surface area (Å²) >= 11 is 1.77. The summed E-state index contributed by atoms with van der Waals surface area (Å²) in [7, 11) is 0. The summed E-state index contributed by atoms with van der Waals surface area (Å²) in [6, 6.07) is 4.14. The molecule has 1 aromatic heterocycles. The fourth-order valence-corrected chi connectivity index (χ4v) is 4.97. The topological polar surface area (TPSA) is 69.6 Å². The number of likely N-dealkylation sites (tertiary alicyclic amines) is 1. The fraction of sp³-hybridized carbons (Fsp3) is 0.667. The highest BCUT2D eigenvalue weighted by Gasteiger charge is 2.43. The number of aliphatic carboxylic acids is 1. The highest BCUT2D eigenvalue weighted by atomic mass is 32.1. The zero-order valence-electron chi connectivity index (χ0n) is 14.2. The van der Waals surface area contributed by atoms with Crippen LogP contribution in [0.15, 0.2) is 17.5 Å². The molecule has 2 aliphatic rings. The van der Waals surface area contributed by atoms with E-state index in [1.807, 2.05) is 0 Å². The van der Waals surface area contributed by atoms with Crippen LogP contribution in [0.4, 0.5) is 4.79 Å². The maximum absolute atomic E-state index is 12.5. The zero-order chi connectivity index (χ0) is 17.2. The first-order chi connectivity index (χ1) is 11.5. The summed E-state index contributed by atoms with van der Waals surface area (Å²) in [6.07, 6.45) is 6.42. The smallest absolute Gasteiger partial charge is 0.317 e. The van der Waals surface area contributed by atoms with E-state index in [2.05, 4.69) is 22.8 Å². The Hall–Kier alpha value is -1.56. The number of urea groups is 1. The monoisotopic (exact) mass is 350 g/mol. The number of rotatable bonds is 4. The molecule has 1 aliphatic heterocycles. The van der Waals surface area contributed by atoms with Gasteiger partial charge in [-0.1, -0.05) is 25.3 Å². The quantitative estimate of drug-likeness (QED) is 0.874. The van der Waals surface area contributed by atoms with Crippen LogP contribution in [0.3, 0.4) is 0 Å². The molecule has 1 unspecified atom stereocenters. The fourth-order valence-electron chi connectivity index (χ4n) is 3.98. The second-order valence-electron chi connectivity index (χ2n) is 7.51. The van der Waals surface area contributed by atoms with E-state index in [1.54, 1.807) is 23.2 Å². The van der Waals surface area contributed by atoms with Crippen LogP contribution in [0.2, 0.25) is 0 Å². The predicted molar refractivity (Wildman–Crippen MR) is 94.4 cm³/mol. The molecule has 2 N–H and O–H groups in total. The van der Waals surface area contributed by atoms with Gasteiger partial charge in [0.25, 0.3) is 0 Å². The van der Waals surface area contributed by atoms with Crippen LogP contribution in [0.25, 0.3) is 0 Å². The molecule has 1 saturated heterocycles. The minimum Gasteiger partial charge on any atom is -0.481 e. The van der Waals surface area contributed by atoms with Crippen molar-refractivity contribution in [3.63, 3.8) is 0 Å². The third-order valence-corrected chi connectivity index (χ3v) is 6.83. The normalized spacial score (nSPS) is 26.3. The number of carboxylic acids is 1. The summed E-state index contributed by atoms with van der Waals surface area (Å²) in [5.41, 5.74) is -0.758. The molecule has 2 fully saturated rings. The van der Waals surface area contributed by atoms with Crippen LogP contribution >= 0.6 is 11.3 Å². The Morgan fingerprint density at radius 3 is 2.62 bits per heavy atom. The van der Waals surface area contributed by atoms with Crippen molar-refractivity contribution in [2.24, 2.45) is 5.41 Å². The molecule has 6 heteroatoms. The van der Waals surface area contributed by atoms with Crippen LogP contribution in [0, 0.1) is 5.41 Å². The van der Waals surface area contributed by atoms with Crippen LogP contribution in [0.5, 0.6) is 0 Å². The standard InChI is InChI=1S/C18H26N2O3S/c1-17(15(21)22)9-10-20(13-17)16(23)19-12-18(7-3-2-4-8-18)14-6-5-11-24-14/h5-6,11H,2-4,7-10,12-13H2,1H3,(H,19,23)(H,21,22). The Labute approximate surface area is 147 Å². The van der Waals surface area contributed by atoms with Crippen LogP contribution in [-0.4, -0.2) is 41.6 Å². The van der Waals surface area contributed by atoms with Crippen molar-refractivity contribution in [1.82, 2.24) is 10.2 Å². The lowest BCUT2D eigenvalue weighted by atomic mass is 9.73. The van der Waals surface area contributed by atoms with Gasteiger partial charge in [0.2, 0.25) is 0 Å². The molecule has 2 amide bonds. The Morgan fingerprint density at radius 2 is 2.04 bits per heavy atom. The molecular weight excluding hydrogens is 324 g/mol. The van der Waals surface area contributed by atoms with Crippen molar-refractivity contribution in [3.8, 4) is 0 Å². The van der Waals surface area contributed by atoms with Crippen molar-refractivity contribution in [2.75, 3.05) is 19.6 Å². The molecule has 0 bridgehead atoms. The third-order valence-electron chi connectivity index (χ3n) is 5.71. The lowest BCUT2D eigenvalue weighted by Gasteiger charge is -2.37. The number of amides is 2. The van der Waals surface area contributed by atoms with Crippen LogP contribution in [-0.2, 0) is 10.2 Å². The summed E-state index contributed by atoms with van der Waals surface area (Å²) < 4.78 is 0. The highest BCUT2D eigenvalue weighted by molar-refractivity contribution is 7.10. The average molecular weight is 350 g/mol. The largest absolute Gasteiger partial charge is 0.481 e. The molecule has 0 spiro atoms. The summed E-state index contributed by atoms with van der Waals surface area (Å²) in [5, 5.41) is 14.5. The van der Waals surface area contributed by atoms with Crippen LogP contribution in [0.1, 0.15) is 50.3 Å². The molecule has 0 aromatic carbocycles. The molecule has 1 atom stereocenters. The summed E-state index contributed by atoms with van der Waals surface area (Å²) in [4.78, 5) is 26.9. The lowest BCUT2D eigenvalue weighted by molar-refractivity contribution is -0.147. The van der Waals surface area contributed by atoms with E-state index in [4.69, 9.17) is 0 Å². The molecule has 24 heavy (non-hydrogen) atoms. The number of carbonyl (C=O) groups excluding carboxylic acids is 1. The van der Waals surface area contributed by atoms with E-state index in [1.165, 1.54) is 24.1 Å². The van der Waals surface area contributed by atoms with Crippen molar-refractivity contribution in [2.45, 2.75) is 50.9 Å². The van der Waals surface area contributed by atoms with Crippen molar-refractivity contribution in [1.29, 1.82) is 0 Å². The SMILES string of the molecule is CC1(C(=O)O)CCN(C(=O)NCC2(c3cccs3)CCCCC2)C1. The number of thiophene rings is 1. The van der Waals surface area contributed by atoms with Gasteiger partial charge in [-0.25, -0.2) is 4.79 Å². The maximum atomic E-state index is 12.5. The molecule has 3 rings (SSSR count). The second kappa shape index (κ2) is 6.75. The number of nitrogens with zero attached hydrogens (tertiary/aromatic N) is 1. The van der Waals surface area contributed by atoms with E-state index in [-0.39, 0.29) is 11.4 Å². The van der Waals surface area contributed by atoms with Gasteiger partial charge in [-0.15, -0.1) is 11.3 Å². The highest BCUT2D eigenvalue weighted by Crippen LogP contribution is 2.41. The van der Waals surface area contributed by atoms with Crippen molar-refractivity contribution >= 4 is 23.3 Å². The Bertz CT molecular complexity index is 595. The van der Waals surface area contributed by atoms with Gasteiger partial charge in [-0.05, 0) is 37.6 Å². The summed E-state index contributed by atoms with van der Waals surface area (Å²) in [6.45, 7) is 3.17. The number of carboxylic acid groups (broad SMARTS) is 1. The maximum Gasteiger partial charge on any atom is 0.317 e. The molecule has 5 nitrogen and oxygen atoms in total. The van der Waals surface area contributed by atoms with Gasteiger partial charge >= 0.3 is 12.0 Å². The number of hydrogen-bond acceptors (Lipinski definition) is 3. The molecule has 1 aliphatic carbocycles. The number of nitrogens with one attached hydrogen (secondary N) is 1. The Balaban J connectivity index is 1.63. The van der Waals surface area contributed by atoms with Gasteiger partial charge < -0.3 is 15.3 Å². The van der Waals surface area contributed by atoms with Gasteiger partial charge in [0, 0.05) is 29.9 Å². The molecule has 2 heterocycles. The van der Waals surface area contributed by atoms with E-state index >= 15 is 0 Å². The molecule has 0 radical (unpaired) electrons. The predicted octanol–water partition coefficient (Wildman–Crippen LogP) is 3.46. The summed E-state index contributed by atoms with van der Waals surface area (Å²) in [5.74, 6) is -0.819. The number of hydrogen-bond donors (Lipinski definition) is 2. The van der Waals surface area contributed by atoms with Crippen LogP contribution < -0.4 is 5.32 Å². The minimum atomic E-state index is -0.819.